The van der Waals surface area contributed by atoms with Gasteiger partial charge >= 0.3 is 0 Å². The molecule has 1 atom stereocenters. The highest BCUT2D eigenvalue weighted by molar-refractivity contribution is 9.09. The zero-order valence-corrected chi connectivity index (χ0v) is 11.6. The Morgan fingerprint density at radius 2 is 2.20 bits per heavy atom. The number of nitrogens with zero attached hydrogens (tertiary/aromatic N) is 1. The minimum absolute atomic E-state index is 0.759. The molecule has 0 bridgehead atoms. The molecular formula is C12H24BrNO. The van der Waals surface area contributed by atoms with Crippen molar-refractivity contribution in [2.75, 3.05) is 38.2 Å². The van der Waals surface area contributed by atoms with Crippen LogP contribution in [0.5, 0.6) is 0 Å². The second-order valence-corrected chi connectivity index (χ2v) is 5.55. The highest BCUT2D eigenvalue weighted by Crippen LogP contribution is 2.17. The molecule has 0 saturated carbocycles. The Hall–Kier alpha value is 0.400. The topological polar surface area (TPSA) is 12.5 Å². The lowest BCUT2D eigenvalue weighted by Gasteiger charge is -2.15. The number of rotatable bonds is 7. The lowest BCUT2D eigenvalue weighted by Crippen LogP contribution is -2.25. The average Bonchev–Trinajstić information content (AvgIpc) is 2.65. The predicted octanol–water partition coefficient (Wildman–Crippen LogP) is 2.77. The van der Waals surface area contributed by atoms with Gasteiger partial charge in [0.1, 0.15) is 0 Å². The van der Waals surface area contributed by atoms with Gasteiger partial charge in [-0.3, -0.25) is 0 Å². The Morgan fingerprint density at radius 3 is 2.80 bits per heavy atom. The quantitative estimate of drug-likeness (QED) is 0.524. The number of likely N-dealkylation sites (tertiary alicyclic amines) is 1. The maximum Gasteiger partial charge on any atom is 0.0593 e. The number of hydrogen-bond donors (Lipinski definition) is 0. The summed E-state index contributed by atoms with van der Waals surface area (Å²) in [6.45, 7) is 9.92. The second kappa shape index (κ2) is 7.64. The highest BCUT2D eigenvalue weighted by Gasteiger charge is 2.20. The summed E-state index contributed by atoms with van der Waals surface area (Å²) in [4.78, 5) is 2.52. The van der Waals surface area contributed by atoms with E-state index < -0.39 is 0 Å². The van der Waals surface area contributed by atoms with E-state index in [2.05, 4.69) is 34.7 Å². The molecule has 1 heterocycles. The monoisotopic (exact) mass is 277 g/mol. The Kier molecular flexibility index (Phi) is 6.86. The molecule has 1 fully saturated rings. The van der Waals surface area contributed by atoms with Crippen LogP contribution in [-0.4, -0.2) is 43.1 Å². The van der Waals surface area contributed by atoms with Crippen molar-refractivity contribution in [1.82, 2.24) is 4.90 Å². The van der Waals surface area contributed by atoms with Gasteiger partial charge in [-0.05, 0) is 31.2 Å². The van der Waals surface area contributed by atoms with E-state index in [1.54, 1.807) is 0 Å². The number of ether oxygens (including phenoxy) is 1. The molecule has 1 rings (SSSR count). The minimum Gasteiger partial charge on any atom is -0.380 e. The third-order valence-corrected chi connectivity index (χ3v) is 3.90. The molecule has 0 aliphatic carbocycles. The molecule has 1 saturated heterocycles. The van der Waals surface area contributed by atoms with Crippen molar-refractivity contribution in [3.05, 3.63) is 0 Å². The van der Waals surface area contributed by atoms with Crippen LogP contribution in [0, 0.1) is 11.8 Å². The molecular weight excluding hydrogens is 254 g/mol. The van der Waals surface area contributed by atoms with Crippen molar-refractivity contribution < 1.29 is 4.74 Å². The standard InChI is InChI=1S/C12H24BrNO/c1-11(2)4-7-15-8-6-14-5-3-12(9-13)10-14/h11-12H,3-10H2,1-2H3. The van der Waals surface area contributed by atoms with Crippen LogP contribution in [-0.2, 0) is 4.74 Å². The minimum atomic E-state index is 0.759. The summed E-state index contributed by atoms with van der Waals surface area (Å²) < 4.78 is 5.62. The van der Waals surface area contributed by atoms with Gasteiger partial charge in [-0.2, -0.15) is 0 Å². The molecule has 1 aliphatic rings. The first-order valence-corrected chi connectivity index (χ1v) is 7.20. The van der Waals surface area contributed by atoms with Crippen molar-refractivity contribution in [2.24, 2.45) is 11.8 Å². The summed E-state index contributed by atoms with van der Waals surface area (Å²) in [6.07, 6.45) is 2.53. The van der Waals surface area contributed by atoms with Crippen LogP contribution in [0.1, 0.15) is 26.7 Å². The largest absolute Gasteiger partial charge is 0.380 e. The molecule has 0 amide bonds. The second-order valence-electron chi connectivity index (χ2n) is 4.90. The maximum absolute atomic E-state index is 5.62. The van der Waals surface area contributed by atoms with E-state index in [0.29, 0.717) is 0 Å². The van der Waals surface area contributed by atoms with Gasteiger partial charge in [-0.1, -0.05) is 29.8 Å². The fraction of sp³-hybridized carbons (Fsp3) is 1.00. The predicted molar refractivity (Wildman–Crippen MR) is 68.6 cm³/mol. The van der Waals surface area contributed by atoms with Crippen molar-refractivity contribution in [1.29, 1.82) is 0 Å². The fourth-order valence-electron chi connectivity index (χ4n) is 1.86. The molecule has 1 unspecified atom stereocenters. The first-order valence-electron chi connectivity index (χ1n) is 6.08. The molecule has 0 aromatic rings. The Bertz CT molecular complexity index is 164. The highest BCUT2D eigenvalue weighted by atomic mass is 79.9. The molecule has 0 radical (unpaired) electrons. The van der Waals surface area contributed by atoms with Gasteiger partial charge in [-0.15, -0.1) is 0 Å². The lowest BCUT2D eigenvalue weighted by atomic mass is 10.1. The zero-order valence-electron chi connectivity index (χ0n) is 10.0. The summed E-state index contributed by atoms with van der Waals surface area (Å²) >= 11 is 3.55. The maximum atomic E-state index is 5.62. The summed E-state index contributed by atoms with van der Waals surface area (Å²) in [5, 5.41) is 1.15. The fourth-order valence-corrected chi connectivity index (χ4v) is 2.39. The van der Waals surface area contributed by atoms with Gasteiger partial charge in [0.2, 0.25) is 0 Å². The smallest absolute Gasteiger partial charge is 0.0593 e. The van der Waals surface area contributed by atoms with E-state index in [9.17, 15) is 0 Å². The third-order valence-electron chi connectivity index (χ3n) is 2.98. The van der Waals surface area contributed by atoms with Gasteiger partial charge in [0.25, 0.3) is 0 Å². The van der Waals surface area contributed by atoms with Crippen molar-refractivity contribution in [3.8, 4) is 0 Å². The SMILES string of the molecule is CC(C)CCOCCN1CCC(CBr)C1. The van der Waals surface area contributed by atoms with E-state index in [0.717, 1.165) is 36.9 Å². The molecule has 0 spiro atoms. The van der Waals surface area contributed by atoms with Crippen molar-refractivity contribution in [2.45, 2.75) is 26.7 Å². The van der Waals surface area contributed by atoms with Crippen molar-refractivity contribution >= 4 is 15.9 Å². The van der Waals surface area contributed by atoms with Crippen LogP contribution in [0.15, 0.2) is 0 Å². The van der Waals surface area contributed by atoms with Crippen LogP contribution in [0.3, 0.4) is 0 Å². The molecule has 1 aliphatic heterocycles. The number of alkyl halides is 1. The van der Waals surface area contributed by atoms with Gasteiger partial charge in [-0.25, -0.2) is 0 Å². The van der Waals surface area contributed by atoms with Crippen LogP contribution in [0.2, 0.25) is 0 Å². The molecule has 0 aromatic heterocycles. The summed E-state index contributed by atoms with van der Waals surface area (Å²) in [6, 6.07) is 0. The normalized spacial score (nSPS) is 22.8. The van der Waals surface area contributed by atoms with Gasteiger partial charge < -0.3 is 9.64 Å². The molecule has 15 heavy (non-hydrogen) atoms. The Balaban J connectivity index is 1.92. The van der Waals surface area contributed by atoms with Crippen LogP contribution in [0.4, 0.5) is 0 Å². The van der Waals surface area contributed by atoms with Crippen LogP contribution >= 0.6 is 15.9 Å². The van der Waals surface area contributed by atoms with E-state index >= 15 is 0 Å². The third kappa shape index (κ3) is 5.88. The van der Waals surface area contributed by atoms with Gasteiger partial charge in [0.15, 0.2) is 0 Å². The molecule has 90 valence electrons. The first-order chi connectivity index (χ1) is 7.22. The lowest BCUT2D eigenvalue weighted by molar-refractivity contribution is 0.102. The average molecular weight is 278 g/mol. The van der Waals surface area contributed by atoms with Gasteiger partial charge in [0, 0.05) is 25.0 Å². The zero-order chi connectivity index (χ0) is 11.1. The van der Waals surface area contributed by atoms with E-state index in [1.807, 2.05) is 0 Å². The summed E-state index contributed by atoms with van der Waals surface area (Å²) in [5.41, 5.74) is 0. The molecule has 0 aromatic carbocycles. The number of halogens is 1. The first kappa shape index (κ1) is 13.5. The van der Waals surface area contributed by atoms with Crippen LogP contribution in [0.25, 0.3) is 0 Å². The van der Waals surface area contributed by atoms with Crippen LogP contribution < -0.4 is 0 Å². The summed E-state index contributed by atoms with van der Waals surface area (Å²) in [5.74, 6) is 1.62. The molecule has 2 nitrogen and oxygen atoms in total. The molecule has 3 heteroatoms. The Morgan fingerprint density at radius 1 is 1.40 bits per heavy atom. The van der Waals surface area contributed by atoms with E-state index in [-0.39, 0.29) is 0 Å². The Labute approximate surface area is 102 Å². The number of hydrogen-bond acceptors (Lipinski definition) is 2. The summed E-state index contributed by atoms with van der Waals surface area (Å²) in [7, 11) is 0. The van der Waals surface area contributed by atoms with E-state index in [4.69, 9.17) is 4.74 Å². The molecule has 0 N–H and O–H groups in total. The van der Waals surface area contributed by atoms with Gasteiger partial charge in [0.05, 0.1) is 6.61 Å². The van der Waals surface area contributed by atoms with Crippen molar-refractivity contribution in [3.63, 3.8) is 0 Å². The van der Waals surface area contributed by atoms with E-state index in [1.165, 1.54) is 25.9 Å².